The first kappa shape index (κ1) is 15.0. The first-order valence-corrected chi connectivity index (χ1v) is 8.10. The number of halogens is 2. The first-order valence-electron chi connectivity index (χ1n) is 7.31. The van der Waals surface area contributed by atoms with E-state index in [0.717, 1.165) is 16.0 Å². The van der Waals surface area contributed by atoms with Gasteiger partial charge in [-0.1, -0.05) is 48.2 Å². The lowest BCUT2D eigenvalue weighted by Crippen LogP contribution is -2.35. The summed E-state index contributed by atoms with van der Waals surface area (Å²) in [6, 6.07) is 5.82. The molecule has 3 unspecified atom stereocenters. The van der Waals surface area contributed by atoms with Crippen LogP contribution < -0.4 is 5.32 Å². The van der Waals surface area contributed by atoms with Crippen molar-refractivity contribution in [3.05, 3.63) is 34.1 Å². The van der Waals surface area contributed by atoms with Crippen molar-refractivity contribution in [2.45, 2.75) is 58.0 Å². The van der Waals surface area contributed by atoms with Gasteiger partial charge in [-0.25, -0.2) is 4.39 Å². The average Bonchev–Trinajstić information content (AvgIpc) is 2.38. The molecule has 0 radical (unpaired) electrons. The molecule has 1 aromatic rings. The van der Waals surface area contributed by atoms with Gasteiger partial charge < -0.3 is 5.32 Å². The van der Waals surface area contributed by atoms with Gasteiger partial charge in [0, 0.05) is 16.6 Å². The molecule has 106 valence electrons. The Labute approximate surface area is 124 Å². The zero-order valence-corrected chi connectivity index (χ0v) is 13.3. The molecule has 0 spiro atoms. The minimum atomic E-state index is -0.188. The lowest BCUT2D eigenvalue weighted by molar-refractivity contribution is 0.266. The summed E-state index contributed by atoms with van der Waals surface area (Å²) < 4.78 is 14.0. The van der Waals surface area contributed by atoms with E-state index in [1.807, 2.05) is 6.07 Å². The maximum Gasteiger partial charge on any atom is 0.124 e. The smallest absolute Gasteiger partial charge is 0.124 e. The topological polar surface area (TPSA) is 12.0 Å². The molecule has 1 aliphatic rings. The van der Waals surface area contributed by atoms with E-state index in [2.05, 4.69) is 35.1 Å². The molecule has 1 saturated carbocycles. The van der Waals surface area contributed by atoms with Crippen LogP contribution in [0.2, 0.25) is 0 Å². The van der Waals surface area contributed by atoms with E-state index in [4.69, 9.17) is 0 Å². The summed E-state index contributed by atoms with van der Waals surface area (Å²) in [6.45, 7) is 4.45. The van der Waals surface area contributed by atoms with Crippen LogP contribution in [0.5, 0.6) is 0 Å². The highest BCUT2D eigenvalue weighted by molar-refractivity contribution is 9.10. The van der Waals surface area contributed by atoms with Gasteiger partial charge in [-0.15, -0.1) is 0 Å². The van der Waals surface area contributed by atoms with E-state index in [1.165, 1.54) is 38.2 Å². The first-order chi connectivity index (χ1) is 9.10. The number of hydrogen-bond acceptors (Lipinski definition) is 1. The fraction of sp³-hybridized carbons (Fsp3) is 0.625. The van der Waals surface area contributed by atoms with Crippen LogP contribution in [0.25, 0.3) is 0 Å². The quantitative estimate of drug-likeness (QED) is 0.800. The van der Waals surface area contributed by atoms with Gasteiger partial charge in [-0.3, -0.25) is 0 Å². The normalized spacial score (nSPS) is 25.3. The standard InChI is InChI=1S/C16H23BrFN/c1-3-12-5-4-6-14(9-12)19-11(2)15-8-7-13(18)10-16(15)17/h7-8,10-12,14,19H,3-6,9H2,1-2H3. The Kier molecular flexibility index (Phi) is 5.40. The van der Waals surface area contributed by atoms with Crippen molar-refractivity contribution in [2.75, 3.05) is 0 Å². The second kappa shape index (κ2) is 6.85. The summed E-state index contributed by atoms with van der Waals surface area (Å²) in [4.78, 5) is 0. The van der Waals surface area contributed by atoms with Crippen LogP contribution in [0.3, 0.4) is 0 Å². The van der Waals surface area contributed by atoms with Gasteiger partial charge in [0.2, 0.25) is 0 Å². The van der Waals surface area contributed by atoms with Crippen molar-refractivity contribution in [3.63, 3.8) is 0 Å². The molecule has 0 heterocycles. The van der Waals surface area contributed by atoms with E-state index < -0.39 is 0 Å². The summed E-state index contributed by atoms with van der Waals surface area (Å²) in [5, 5.41) is 3.71. The van der Waals surface area contributed by atoms with Crippen LogP contribution in [0.4, 0.5) is 4.39 Å². The minimum absolute atomic E-state index is 0.188. The Balaban J connectivity index is 1.98. The Hall–Kier alpha value is -0.410. The molecule has 2 rings (SSSR count). The molecular formula is C16H23BrFN. The number of hydrogen-bond donors (Lipinski definition) is 1. The molecule has 1 aromatic carbocycles. The number of rotatable bonds is 4. The molecule has 1 fully saturated rings. The SMILES string of the molecule is CCC1CCCC(NC(C)c2ccc(F)cc2Br)C1. The molecule has 19 heavy (non-hydrogen) atoms. The van der Waals surface area contributed by atoms with Gasteiger partial charge in [0.1, 0.15) is 5.82 Å². The van der Waals surface area contributed by atoms with E-state index in [-0.39, 0.29) is 11.9 Å². The molecule has 1 N–H and O–H groups in total. The molecule has 1 aliphatic carbocycles. The molecule has 0 aromatic heterocycles. The van der Waals surface area contributed by atoms with E-state index in [1.54, 1.807) is 6.07 Å². The Morgan fingerprint density at radius 1 is 1.42 bits per heavy atom. The minimum Gasteiger partial charge on any atom is -0.307 e. The lowest BCUT2D eigenvalue weighted by Gasteiger charge is -2.31. The summed E-state index contributed by atoms with van der Waals surface area (Å²) in [5.74, 6) is 0.682. The van der Waals surface area contributed by atoms with Gasteiger partial charge in [0.15, 0.2) is 0 Å². The van der Waals surface area contributed by atoms with Crippen LogP contribution in [0.15, 0.2) is 22.7 Å². The second-order valence-electron chi connectivity index (χ2n) is 5.69. The average molecular weight is 328 g/mol. The highest BCUT2D eigenvalue weighted by atomic mass is 79.9. The highest BCUT2D eigenvalue weighted by Crippen LogP contribution is 2.30. The van der Waals surface area contributed by atoms with Gasteiger partial charge in [-0.2, -0.15) is 0 Å². The number of benzene rings is 1. The van der Waals surface area contributed by atoms with Gasteiger partial charge in [-0.05, 0) is 43.4 Å². The van der Waals surface area contributed by atoms with E-state index in [9.17, 15) is 4.39 Å². The van der Waals surface area contributed by atoms with Gasteiger partial charge in [0.05, 0.1) is 0 Å². The van der Waals surface area contributed by atoms with Crippen molar-refractivity contribution in [2.24, 2.45) is 5.92 Å². The molecule has 3 atom stereocenters. The van der Waals surface area contributed by atoms with Crippen molar-refractivity contribution in [3.8, 4) is 0 Å². The van der Waals surface area contributed by atoms with Crippen molar-refractivity contribution >= 4 is 15.9 Å². The summed E-state index contributed by atoms with van der Waals surface area (Å²) in [7, 11) is 0. The fourth-order valence-electron chi connectivity index (χ4n) is 3.11. The maximum absolute atomic E-state index is 13.1. The molecule has 0 aliphatic heterocycles. The van der Waals surface area contributed by atoms with Crippen LogP contribution in [0.1, 0.15) is 57.6 Å². The van der Waals surface area contributed by atoms with Gasteiger partial charge >= 0.3 is 0 Å². The third-order valence-corrected chi connectivity index (χ3v) is 4.96. The highest BCUT2D eigenvalue weighted by Gasteiger charge is 2.22. The Morgan fingerprint density at radius 3 is 2.89 bits per heavy atom. The molecule has 1 nitrogen and oxygen atoms in total. The predicted molar refractivity (Wildman–Crippen MR) is 81.7 cm³/mol. The zero-order valence-electron chi connectivity index (χ0n) is 11.8. The third kappa shape index (κ3) is 4.03. The maximum atomic E-state index is 13.1. The van der Waals surface area contributed by atoms with Gasteiger partial charge in [0.25, 0.3) is 0 Å². The monoisotopic (exact) mass is 327 g/mol. The summed E-state index contributed by atoms with van der Waals surface area (Å²) in [6.07, 6.45) is 6.53. The molecule has 3 heteroatoms. The largest absolute Gasteiger partial charge is 0.307 e. The zero-order chi connectivity index (χ0) is 13.8. The lowest BCUT2D eigenvalue weighted by atomic mass is 9.84. The third-order valence-electron chi connectivity index (χ3n) is 4.27. The summed E-state index contributed by atoms with van der Waals surface area (Å²) in [5.41, 5.74) is 1.14. The second-order valence-corrected chi connectivity index (χ2v) is 6.55. The van der Waals surface area contributed by atoms with Crippen LogP contribution in [-0.2, 0) is 0 Å². The molecule has 0 saturated heterocycles. The van der Waals surface area contributed by atoms with E-state index >= 15 is 0 Å². The van der Waals surface area contributed by atoms with Crippen molar-refractivity contribution in [1.82, 2.24) is 5.32 Å². The van der Waals surface area contributed by atoms with Crippen LogP contribution in [0, 0.1) is 11.7 Å². The van der Waals surface area contributed by atoms with Crippen LogP contribution >= 0.6 is 15.9 Å². The van der Waals surface area contributed by atoms with E-state index in [0.29, 0.717) is 6.04 Å². The van der Waals surface area contributed by atoms with Crippen molar-refractivity contribution < 1.29 is 4.39 Å². The Bertz CT molecular complexity index is 421. The molecular weight excluding hydrogens is 305 g/mol. The van der Waals surface area contributed by atoms with Crippen molar-refractivity contribution in [1.29, 1.82) is 0 Å². The van der Waals surface area contributed by atoms with Crippen LogP contribution in [-0.4, -0.2) is 6.04 Å². The Morgan fingerprint density at radius 2 is 2.21 bits per heavy atom. The molecule has 0 bridgehead atoms. The molecule has 0 amide bonds. The number of nitrogens with one attached hydrogen (secondary N) is 1. The fourth-order valence-corrected chi connectivity index (χ4v) is 3.80. The predicted octanol–water partition coefficient (Wildman–Crippen LogP) is 5.21. The summed E-state index contributed by atoms with van der Waals surface area (Å²) >= 11 is 3.46.